The first-order valence-corrected chi connectivity index (χ1v) is 7.59. The van der Waals surface area contributed by atoms with Crippen LogP contribution in [0.4, 0.5) is 4.39 Å². The van der Waals surface area contributed by atoms with Crippen LogP contribution in [0.15, 0.2) is 22.7 Å². The average molecular weight is 318 g/mol. The lowest BCUT2D eigenvalue weighted by Crippen LogP contribution is -2.29. The lowest BCUT2D eigenvalue weighted by atomic mass is 10.1. The van der Waals surface area contributed by atoms with E-state index in [0.29, 0.717) is 29.4 Å². The molecule has 1 fully saturated rings. The molecule has 1 aliphatic heterocycles. The van der Waals surface area contributed by atoms with Crippen molar-refractivity contribution in [2.24, 2.45) is 11.7 Å². The van der Waals surface area contributed by atoms with Crippen molar-refractivity contribution in [2.75, 3.05) is 13.1 Å². The quantitative estimate of drug-likeness (QED) is 0.932. The van der Waals surface area contributed by atoms with E-state index in [1.165, 1.54) is 6.07 Å². The van der Waals surface area contributed by atoms with Gasteiger partial charge in [0, 0.05) is 12.1 Å². The van der Waals surface area contributed by atoms with Crippen molar-refractivity contribution >= 4 is 5.91 Å². The van der Waals surface area contributed by atoms with Crippen molar-refractivity contribution in [2.45, 2.75) is 26.3 Å². The third kappa shape index (κ3) is 3.10. The largest absolute Gasteiger partial charge is 0.369 e. The Balaban J connectivity index is 1.76. The summed E-state index contributed by atoms with van der Waals surface area (Å²) in [4.78, 5) is 17.7. The summed E-state index contributed by atoms with van der Waals surface area (Å²) in [6, 6.07) is 4.72. The highest BCUT2D eigenvalue weighted by Gasteiger charge is 2.32. The summed E-state index contributed by atoms with van der Waals surface area (Å²) in [5.41, 5.74) is 6.50. The lowest BCUT2D eigenvalue weighted by Gasteiger charge is -2.20. The van der Waals surface area contributed by atoms with Crippen LogP contribution in [-0.2, 0) is 4.79 Å². The number of amides is 1. The summed E-state index contributed by atoms with van der Waals surface area (Å²) < 4.78 is 19.0. The highest BCUT2D eigenvalue weighted by Crippen LogP contribution is 2.28. The summed E-state index contributed by atoms with van der Waals surface area (Å²) >= 11 is 0. The first kappa shape index (κ1) is 15.6. The zero-order valence-electron chi connectivity index (χ0n) is 13.1. The molecule has 2 atom stereocenters. The predicted octanol–water partition coefficient (Wildman–Crippen LogP) is 2.05. The summed E-state index contributed by atoms with van der Waals surface area (Å²) in [5.74, 6) is 0.0975. The molecule has 7 heteroatoms. The van der Waals surface area contributed by atoms with Gasteiger partial charge in [-0.3, -0.25) is 9.69 Å². The SMILES string of the molecule is Cc1ccc(-c2noc([C@@H](C)N3CC[C@@H](C(N)=O)C3)n2)cc1F. The Bertz CT molecular complexity index is 731. The molecule has 6 nitrogen and oxygen atoms in total. The normalized spacial score (nSPS) is 19.9. The fourth-order valence-electron chi connectivity index (χ4n) is 2.78. The van der Waals surface area contributed by atoms with Gasteiger partial charge in [0.15, 0.2) is 0 Å². The van der Waals surface area contributed by atoms with Crippen molar-refractivity contribution in [1.29, 1.82) is 0 Å². The fraction of sp³-hybridized carbons (Fsp3) is 0.438. The zero-order chi connectivity index (χ0) is 16.6. The molecule has 1 aromatic carbocycles. The maximum Gasteiger partial charge on any atom is 0.244 e. The summed E-state index contributed by atoms with van der Waals surface area (Å²) in [6.07, 6.45) is 0.740. The molecule has 0 radical (unpaired) electrons. The molecule has 3 rings (SSSR count). The third-order valence-corrected chi connectivity index (χ3v) is 4.40. The van der Waals surface area contributed by atoms with Crippen molar-refractivity contribution < 1.29 is 13.7 Å². The molecule has 1 amide bonds. The van der Waals surface area contributed by atoms with E-state index in [0.717, 1.165) is 13.0 Å². The molecular formula is C16H19FN4O2. The minimum absolute atomic E-state index is 0.115. The Labute approximate surface area is 133 Å². The molecule has 0 saturated carbocycles. The monoisotopic (exact) mass is 318 g/mol. The van der Waals surface area contributed by atoms with Gasteiger partial charge in [-0.2, -0.15) is 4.98 Å². The number of nitrogens with zero attached hydrogens (tertiary/aromatic N) is 3. The van der Waals surface area contributed by atoms with E-state index in [1.807, 2.05) is 6.92 Å². The topological polar surface area (TPSA) is 85.3 Å². The number of likely N-dealkylation sites (tertiary alicyclic amines) is 1. The average Bonchev–Trinajstić information content (AvgIpc) is 3.18. The maximum absolute atomic E-state index is 13.7. The van der Waals surface area contributed by atoms with Crippen LogP contribution in [0, 0.1) is 18.7 Å². The number of carbonyl (C=O) groups is 1. The van der Waals surface area contributed by atoms with E-state index in [2.05, 4.69) is 15.0 Å². The second kappa shape index (κ2) is 6.08. The van der Waals surface area contributed by atoms with Gasteiger partial charge in [-0.15, -0.1) is 0 Å². The molecule has 0 bridgehead atoms. The van der Waals surface area contributed by atoms with Crippen LogP contribution in [-0.4, -0.2) is 34.0 Å². The molecule has 1 aromatic heterocycles. The van der Waals surface area contributed by atoms with Crippen LogP contribution in [0.1, 0.15) is 30.8 Å². The number of rotatable bonds is 4. The van der Waals surface area contributed by atoms with Crippen LogP contribution in [0.3, 0.4) is 0 Å². The van der Waals surface area contributed by atoms with Gasteiger partial charge in [-0.25, -0.2) is 4.39 Å². The summed E-state index contributed by atoms with van der Waals surface area (Å²) in [6.45, 7) is 4.99. The number of primary amides is 1. The van der Waals surface area contributed by atoms with Crippen molar-refractivity contribution in [1.82, 2.24) is 15.0 Å². The minimum atomic E-state index is -0.300. The first-order chi connectivity index (χ1) is 11.0. The zero-order valence-corrected chi connectivity index (χ0v) is 13.1. The maximum atomic E-state index is 13.7. The van der Waals surface area contributed by atoms with E-state index < -0.39 is 0 Å². The number of hydrogen-bond donors (Lipinski definition) is 1. The van der Waals surface area contributed by atoms with Crippen LogP contribution in [0.25, 0.3) is 11.4 Å². The Morgan fingerprint density at radius 3 is 2.96 bits per heavy atom. The molecular weight excluding hydrogens is 299 g/mol. The standard InChI is InChI=1S/C16H19FN4O2/c1-9-3-4-11(7-13(9)17)15-19-16(23-20-15)10(2)21-6-5-12(8-21)14(18)22/h3-4,7,10,12H,5-6,8H2,1-2H3,(H2,18,22)/t10-,12-/m1/s1. The minimum Gasteiger partial charge on any atom is -0.369 e. The van der Waals surface area contributed by atoms with Gasteiger partial charge in [-0.1, -0.05) is 17.3 Å². The number of carbonyl (C=O) groups excluding carboxylic acids is 1. The predicted molar refractivity (Wildman–Crippen MR) is 81.7 cm³/mol. The van der Waals surface area contributed by atoms with Crippen LogP contribution in [0.2, 0.25) is 0 Å². The number of halogens is 1. The van der Waals surface area contributed by atoms with Crippen molar-refractivity contribution in [3.63, 3.8) is 0 Å². The van der Waals surface area contributed by atoms with Gasteiger partial charge in [-0.05, 0) is 38.4 Å². The van der Waals surface area contributed by atoms with Gasteiger partial charge >= 0.3 is 0 Å². The van der Waals surface area contributed by atoms with E-state index in [4.69, 9.17) is 10.3 Å². The molecule has 2 aromatic rings. The Kier molecular flexibility index (Phi) is 4.12. The highest BCUT2D eigenvalue weighted by molar-refractivity contribution is 5.77. The molecule has 2 heterocycles. The molecule has 0 aliphatic carbocycles. The van der Waals surface area contributed by atoms with E-state index in [1.54, 1.807) is 19.1 Å². The van der Waals surface area contributed by atoms with Gasteiger partial charge in [0.2, 0.25) is 17.6 Å². The molecule has 0 spiro atoms. The van der Waals surface area contributed by atoms with E-state index in [9.17, 15) is 9.18 Å². The molecule has 1 saturated heterocycles. The van der Waals surface area contributed by atoms with Crippen LogP contribution in [0.5, 0.6) is 0 Å². The number of hydrogen-bond acceptors (Lipinski definition) is 5. The number of nitrogens with two attached hydrogens (primary N) is 1. The van der Waals surface area contributed by atoms with Crippen molar-refractivity contribution in [3.05, 3.63) is 35.5 Å². The van der Waals surface area contributed by atoms with Gasteiger partial charge in [0.25, 0.3) is 0 Å². The summed E-state index contributed by atoms with van der Waals surface area (Å²) in [5, 5.41) is 3.93. The summed E-state index contributed by atoms with van der Waals surface area (Å²) in [7, 11) is 0. The van der Waals surface area contributed by atoms with Gasteiger partial charge < -0.3 is 10.3 Å². The highest BCUT2D eigenvalue weighted by atomic mass is 19.1. The number of aromatic nitrogens is 2. The Hall–Kier alpha value is -2.28. The second-order valence-electron chi connectivity index (χ2n) is 5.98. The van der Waals surface area contributed by atoms with E-state index >= 15 is 0 Å². The van der Waals surface area contributed by atoms with Crippen LogP contribution < -0.4 is 5.73 Å². The number of aryl methyl sites for hydroxylation is 1. The molecule has 0 unspecified atom stereocenters. The van der Waals surface area contributed by atoms with E-state index in [-0.39, 0.29) is 23.7 Å². The Morgan fingerprint density at radius 2 is 2.30 bits per heavy atom. The number of benzene rings is 1. The Morgan fingerprint density at radius 1 is 1.52 bits per heavy atom. The van der Waals surface area contributed by atoms with Crippen molar-refractivity contribution in [3.8, 4) is 11.4 Å². The molecule has 122 valence electrons. The molecule has 23 heavy (non-hydrogen) atoms. The second-order valence-corrected chi connectivity index (χ2v) is 5.98. The fourth-order valence-corrected chi connectivity index (χ4v) is 2.78. The smallest absolute Gasteiger partial charge is 0.244 e. The van der Waals surface area contributed by atoms with Gasteiger partial charge in [0.1, 0.15) is 5.82 Å². The third-order valence-electron chi connectivity index (χ3n) is 4.40. The first-order valence-electron chi connectivity index (χ1n) is 7.59. The molecule has 2 N–H and O–H groups in total. The lowest BCUT2D eigenvalue weighted by molar-refractivity contribution is -0.121. The van der Waals surface area contributed by atoms with Gasteiger partial charge in [0.05, 0.1) is 12.0 Å². The molecule has 1 aliphatic rings. The van der Waals surface area contributed by atoms with Crippen LogP contribution >= 0.6 is 0 Å².